The summed E-state index contributed by atoms with van der Waals surface area (Å²) >= 11 is 0. The predicted molar refractivity (Wildman–Crippen MR) is 78.7 cm³/mol. The van der Waals surface area contributed by atoms with Crippen molar-refractivity contribution < 1.29 is 0 Å². The third kappa shape index (κ3) is 3.81. The fourth-order valence-corrected chi connectivity index (χ4v) is 3.11. The summed E-state index contributed by atoms with van der Waals surface area (Å²) in [6.07, 6.45) is 6.69. The van der Waals surface area contributed by atoms with E-state index in [4.69, 9.17) is 5.26 Å². The molecule has 3 atom stereocenters. The van der Waals surface area contributed by atoms with Crippen molar-refractivity contribution in [3.63, 3.8) is 0 Å². The van der Waals surface area contributed by atoms with Crippen molar-refractivity contribution in [1.82, 2.24) is 5.32 Å². The maximum Gasteiger partial charge on any atom is 0.0991 e. The third-order valence-corrected chi connectivity index (χ3v) is 4.39. The average Bonchev–Trinajstić information content (AvgIpc) is 2.47. The molecule has 2 rings (SSSR count). The molecule has 1 aromatic carbocycles. The minimum absolute atomic E-state index is 0.369. The monoisotopic (exact) mass is 256 g/mol. The van der Waals surface area contributed by atoms with Crippen molar-refractivity contribution in [2.45, 2.75) is 58.0 Å². The average molecular weight is 256 g/mol. The van der Waals surface area contributed by atoms with E-state index in [-0.39, 0.29) is 0 Å². The molecule has 1 aliphatic rings. The summed E-state index contributed by atoms with van der Waals surface area (Å²) < 4.78 is 0. The van der Waals surface area contributed by atoms with Gasteiger partial charge in [-0.25, -0.2) is 0 Å². The lowest BCUT2D eigenvalue weighted by atomic mass is 9.84. The number of nitrogens with zero attached hydrogens (tertiary/aromatic N) is 1. The molecule has 0 aromatic heterocycles. The van der Waals surface area contributed by atoms with Crippen molar-refractivity contribution in [1.29, 1.82) is 5.26 Å². The molecule has 3 unspecified atom stereocenters. The maximum absolute atomic E-state index is 8.82. The fourth-order valence-electron chi connectivity index (χ4n) is 3.11. The molecule has 2 nitrogen and oxygen atoms in total. The third-order valence-electron chi connectivity index (χ3n) is 4.39. The second kappa shape index (κ2) is 6.73. The first-order valence-corrected chi connectivity index (χ1v) is 7.49. The Bertz CT molecular complexity index is 430. The van der Waals surface area contributed by atoms with E-state index < -0.39 is 0 Å². The van der Waals surface area contributed by atoms with Gasteiger partial charge in [-0.15, -0.1) is 0 Å². The summed E-state index contributed by atoms with van der Waals surface area (Å²) in [5.74, 6) is 0.902. The first kappa shape index (κ1) is 14.1. The lowest BCUT2D eigenvalue weighted by Gasteiger charge is -2.31. The van der Waals surface area contributed by atoms with E-state index in [1.807, 2.05) is 12.1 Å². The predicted octanol–water partition coefficient (Wildman–Crippen LogP) is 4.18. The number of hydrogen-bond donors (Lipinski definition) is 1. The van der Waals surface area contributed by atoms with E-state index >= 15 is 0 Å². The molecule has 0 aliphatic heterocycles. The second-order valence-electron chi connectivity index (χ2n) is 5.76. The van der Waals surface area contributed by atoms with Gasteiger partial charge in [-0.3, -0.25) is 0 Å². The van der Waals surface area contributed by atoms with Crippen LogP contribution in [0.25, 0.3) is 0 Å². The normalized spacial score (nSPS) is 24.7. The first-order chi connectivity index (χ1) is 9.22. The molecular weight excluding hydrogens is 232 g/mol. The van der Waals surface area contributed by atoms with Crippen LogP contribution in [-0.2, 0) is 0 Å². The van der Waals surface area contributed by atoms with Gasteiger partial charge in [0.15, 0.2) is 0 Å². The molecule has 2 heteroatoms. The molecular formula is C17H24N2. The molecule has 0 heterocycles. The van der Waals surface area contributed by atoms with E-state index in [0.717, 1.165) is 11.5 Å². The number of nitrogens with one attached hydrogen (secondary N) is 1. The molecule has 0 radical (unpaired) electrons. The van der Waals surface area contributed by atoms with E-state index in [2.05, 4.69) is 37.4 Å². The van der Waals surface area contributed by atoms with Crippen LogP contribution in [0.1, 0.15) is 63.1 Å². The zero-order valence-corrected chi connectivity index (χ0v) is 12.0. The van der Waals surface area contributed by atoms with Gasteiger partial charge in [0.05, 0.1) is 11.6 Å². The SMILES string of the molecule is CCC1CCCC(NC(C)c2ccc(C#N)cc2)C1. The van der Waals surface area contributed by atoms with Crippen LogP contribution in [0.15, 0.2) is 24.3 Å². The van der Waals surface area contributed by atoms with Gasteiger partial charge in [0.25, 0.3) is 0 Å². The fraction of sp³-hybridized carbons (Fsp3) is 0.588. The Morgan fingerprint density at radius 1 is 1.32 bits per heavy atom. The van der Waals surface area contributed by atoms with Gasteiger partial charge in [-0.1, -0.05) is 38.3 Å². The standard InChI is InChI=1S/C17H24N2/c1-3-14-5-4-6-17(11-14)19-13(2)16-9-7-15(12-18)8-10-16/h7-10,13-14,17,19H,3-6,11H2,1-2H3. The van der Waals surface area contributed by atoms with Gasteiger partial charge < -0.3 is 5.32 Å². The summed E-state index contributed by atoms with van der Waals surface area (Å²) in [7, 11) is 0. The molecule has 0 amide bonds. The van der Waals surface area contributed by atoms with E-state index in [1.165, 1.54) is 37.7 Å². The first-order valence-electron chi connectivity index (χ1n) is 7.49. The molecule has 1 N–H and O–H groups in total. The highest BCUT2D eigenvalue weighted by Crippen LogP contribution is 2.28. The molecule has 0 spiro atoms. The minimum atomic E-state index is 0.369. The quantitative estimate of drug-likeness (QED) is 0.877. The summed E-state index contributed by atoms with van der Waals surface area (Å²) in [6, 6.07) is 11.1. The smallest absolute Gasteiger partial charge is 0.0991 e. The van der Waals surface area contributed by atoms with Crippen molar-refractivity contribution in [2.24, 2.45) is 5.92 Å². The molecule has 1 fully saturated rings. The number of rotatable bonds is 4. The number of hydrogen-bond acceptors (Lipinski definition) is 2. The van der Waals surface area contributed by atoms with Crippen LogP contribution in [0.3, 0.4) is 0 Å². The molecule has 0 bridgehead atoms. The van der Waals surface area contributed by atoms with Crippen LogP contribution in [0.2, 0.25) is 0 Å². The molecule has 102 valence electrons. The van der Waals surface area contributed by atoms with Crippen molar-refractivity contribution in [3.8, 4) is 6.07 Å². The Morgan fingerprint density at radius 3 is 2.68 bits per heavy atom. The van der Waals surface area contributed by atoms with Crippen LogP contribution >= 0.6 is 0 Å². The summed E-state index contributed by atoms with van der Waals surface area (Å²) in [4.78, 5) is 0. The Kier molecular flexibility index (Phi) is 4.99. The molecule has 1 aromatic rings. The number of nitriles is 1. The number of benzene rings is 1. The van der Waals surface area contributed by atoms with Crippen LogP contribution < -0.4 is 5.32 Å². The van der Waals surface area contributed by atoms with Gasteiger partial charge in [0.2, 0.25) is 0 Å². The van der Waals surface area contributed by atoms with Crippen molar-refractivity contribution in [2.75, 3.05) is 0 Å². The van der Waals surface area contributed by atoms with E-state index in [0.29, 0.717) is 12.1 Å². The summed E-state index contributed by atoms with van der Waals surface area (Å²) in [6.45, 7) is 4.52. The topological polar surface area (TPSA) is 35.8 Å². The van der Waals surface area contributed by atoms with Crippen LogP contribution in [0, 0.1) is 17.2 Å². The van der Waals surface area contributed by atoms with E-state index in [9.17, 15) is 0 Å². The molecule has 19 heavy (non-hydrogen) atoms. The van der Waals surface area contributed by atoms with Crippen LogP contribution in [-0.4, -0.2) is 6.04 Å². The Hall–Kier alpha value is -1.33. The summed E-state index contributed by atoms with van der Waals surface area (Å²) in [5, 5.41) is 12.6. The van der Waals surface area contributed by atoms with Crippen LogP contribution in [0.5, 0.6) is 0 Å². The lowest BCUT2D eigenvalue weighted by molar-refractivity contribution is 0.266. The maximum atomic E-state index is 8.82. The van der Waals surface area contributed by atoms with Gasteiger partial charge in [-0.05, 0) is 43.4 Å². The molecule has 1 saturated carbocycles. The zero-order chi connectivity index (χ0) is 13.7. The Labute approximate surface area is 116 Å². The highest BCUT2D eigenvalue weighted by Gasteiger charge is 2.22. The zero-order valence-electron chi connectivity index (χ0n) is 12.0. The van der Waals surface area contributed by atoms with Gasteiger partial charge in [0, 0.05) is 12.1 Å². The largest absolute Gasteiger partial charge is 0.307 e. The molecule has 1 aliphatic carbocycles. The highest BCUT2D eigenvalue weighted by molar-refractivity contribution is 5.32. The lowest BCUT2D eigenvalue weighted by Crippen LogP contribution is -2.35. The van der Waals surface area contributed by atoms with Crippen molar-refractivity contribution >= 4 is 0 Å². The Morgan fingerprint density at radius 2 is 2.05 bits per heavy atom. The van der Waals surface area contributed by atoms with Crippen LogP contribution in [0.4, 0.5) is 0 Å². The minimum Gasteiger partial charge on any atom is -0.307 e. The van der Waals surface area contributed by atoms with Gasteiger partial charge >= 0.3 is 0 Å². The Balaban J connectivity index is 1.92. The van der Waals surface area contributed by atoms with Crippen molar-refractivity contribution in [3.05, 3.63) is 35.4 Å². The molecule has 0 saturated heterocycles. The van der Waals surface area contributed by atoms with E-state index in [1.54, 1.807) is 0 Å². The highest BCUT2D eigenvalue weighted by atomic mass is 14.9. The van der Waals surface area contributed by atoms with Gasteiger partial charge in [-0.2, -0.15) is 5.26 Å². The second-order valence-corrected chi connectivity index (χ2v) is 5.76. The summed E-state index contributed by atoms with van der Waals surface area (Å²) in [5.41, 5.74) is 2.01. The van der Waals surface area contributed by atoms with Gasteiger partial charge in [0.1, 0.15) is 0 Å².